The molecule has 2 aromatic carbocycles. The molecule has 6 heteroatoms. The molecule has 0 saturated heterocycles. The summed E-state index contributed by atoms with van der Waals surface area (Å²) in [4.78, 5) is 16.4. The molecule has 5 nitrogen and oxygen atoms in total. The van der Waals surface area contributed by atoms with Gasteiger partial charge in [0.05, 0.1) is 0 Å². The molecule has 3 rings (SSSR count). The van der Waals surface area contributed by atoms with E-state index in [2.05, 4.69) is 39.6 Å². The summed E-state index contributed by atoms with van der Waals surface area (Å²) in [7, 11) is 0. The van der Waals surface area contributed by atoms with Gasteiger partial charge in [-0.3, -0.25) is 9.89 Å². The number of carbonyl (C=O) groups excluding carboxylic acids is 1. The number of aryl methyl sites for hydroxylation is 1. The summed E-state index contributed by atoms with van der Waals surface area (Å²) in [5.41, 5.74) is 3.87. The van der Waals surface area contributed by atoms with E-state index in [0.717, 1.165) is 35.0 Å². The minimum Gasteiger partial charge on any atom is -0.322 e. The molecule has 1 aromatic heterocycles. The second kappa shape index (κ2) is 8.48. The van der Waals surface area contributed by atoms with Crippen molar-refractivity contribution in [3.8, 4) is 0 Å². The highest BCUT2D eigenvalue weighted by molar-refractivity contribution is 7.98. The second-order valence-electron chi connectivity index (χ2n) is 5.68. The highest BCUT2D eigenvalue weighted by Crippen LogP contribution is 2.19. The second-order valence-corrected chi connectivity index (χ2v) is 6.64. The number of aromatic nitrogens is 3. The van der Waals surface area contributed by atoms with Crippen molar-refractivity contribution in [2.45, 2.75) is 30.7 Å². The zero-order valence-corrected chi connectivity index (χ0v) is 14.8. The first-order valence-electron chi connectivity index (χ1n) is 8.22. The van der Waals surface area contributed by atoms with Crippen LogP contribution in [0.3, 0.4) is 0 Å². The fraction of sp³-hybridized carbons (Fsp3) is 0.211. The lowest BCUT2D eigenvalue weighted by molar-refractivity contribution is 0.102. The Kier molecular flexibility index (Phi) is 5.85. The van der Waals surface area contributed by atoms with Gasteiger partial charge in [0.25, 0.3) is 5.91 Å². The topological polar surface area (TPSA) is 70.7 Å². The van der Waals surface area contributed by atoms with Crippen molar-refractivity contribution < 1.29 is 4.79 Å². The van der Waals surface area contributed by atoms with Crippen molar-refractivity contribution in [2.75, 3.05) is 5.32 Å². The summed E-state index contributed by atoms with van der Waals surface area (Å²) in [6, 6.07) is 15.6. The van der Waals surface area contributed by atoms with Gasteiger partial charge in [0.1, 0.15) is 6.33 Å². The Morgan fingerprint density at radius 1 is 1.08 bits per heavy atom. The number of benzene rings is 2. The summed E-state index contributed by atoms with van der Waals surface area (Å²) in [6.45, 7) is 2.16. The molecule has 1 amide bonds. The normalized spacial score (nSPS) is 10.6. The van der Waals surface area contributed by atoms with E-state index in [1.165, 1.54) is 11.9 Å². The molecule has 0 radical (unpaired) electrons. The van der Waals surface area contributed by atoms with Gasteiger partial charge in [-0.1, -0.05) is 49.4 Å². The number of nitrogens with one attached hydrogen (secondary N) is 2. The summed E-state index contributed by atoms with van der Waals surface area (Å²) >= 11 is 1.57. The zero-order chi connectivity index (χ0) is 17.5. The van der Waals surface area contributed by atoms with Crippen LogP contribution in [0.1, 0.15) is 34.8 Å². The Morgan fingerprint density at radius 2 is 1.80 bits per heavy atom. The highest BCUT2D eigenvalue weighted by Gasteiger charge is 2.07. The molecule has 0 aliphatic heterocycles. The van der Waals surface area contributed by atoms with E-state index in [-0.39, 0.29) is 5.91 Å². The van der Waals surface area contributed by atoms with Crippen LogP contribution in [0.2, 0.25) is 0 Å². The third kappa shape index (κ3) is 4.93. The number of nitrogens with zero attached hydrogens (tertiary/aromatic N) is 2. The highest BCUT2D eigenvalue weighted by atomic mass is 32.2. The molecular formula is C19H20N4OS. The predicted octanol–water partition coefficient (Wildman–Crippen LogP) is 4.30. The maximum atomic E-state index is 12.3. The van der Waals surface area contributed by atoms with Gasteiger partial charge >= 0.3 is 0 Å². The van der Waals surface area contributed by atoms with Crippen LogP contribution < -0.4 is 5.32 Å². The van der Waals surface area contributed by atoms with Gasteiger partial charge in [-0.25, -0.2) is 4.98 Å². The SMILES string of the molecule is CCCc1ccc(NC(=O)c2ccc(CSc3ncn[nH]3)cc2)cc1. The Morgan fingerprint density at radius 3 is 2.44 bits per heavy atom. The monoisotopic (exact) mass is 352 g/mol. The Bertz CT molecular complexity index is 798. The fourth-order valence-electron chi connectivity index (χ4n) is 2.41. The standard InChI is InChI=1S/C19H20N4OS/c1-2-3-14-6-10-17(11-7-14)22-18(24)16-8-4-15(5-9-16)12-25-19-20-13-21-23-19/h4-11,13H,2-3,12H2,1H3,(H,22,24)(H,20,21,23). The molecule has 0 saturated carbocycles. The van der Waals surface area contributed by atoms with Crippen LogP contribution in [0.25, 0.3) is 0 Å². The maximum absolute atomic E-state index is 12.3. The number of amides is 1. The smallest absolute Gasteiger partial charge is 0.255 e. The van der Waals surface area contributed by atoms with Gasteiger partial charge in [0, 0.05) is 17.0 Å². The van der Waals surface area contributed by atoms with Gasteiger partial charge in [-0.15, -0.1) is 0 Å². The molecule has 0 fully saturated rings. The van der Waals surface area contributed by atoms with Crippen molar-refractivity contribution in [3.05, 3.63) is 71.5 Å². The van der Waals surface area contributed by atoms with Crippen molar-refractivity contribution in [2.24, 2.45) is 0 Å². The van der Waals surface area contributed by atoms with Gasteiger partial charge in [-0.05, 0) is 41.8 Å². The number of aromatic amines is 1. The first kappa shape index (κ1) is 17.2. The van der Waals surface area contributed by atoms with Gasteiger partial charge < -0.3 is 5.32 Å². The van der Waals surface area contributed by atoms with Gasteiger partial charge in [0.2, 0.25) is 0 Å². The van der Waals surface area contributed by atoms with E-state index in [4.69, 9.17) is 0 Å². The number of rotatable bonds is 7. The molecule has 128 valence electrons. The first-order valence-corrected chi connectivity index (χ1v) is 9.20. The summed E-state index contributed by atoms with van der Waals surface area (Å²) in [5, 5.41) is 10.4. The van der Waals surface area contributed by atoms with Gasteiger partial charge in [0.15, 0.2) is 5.16 Å². The van der Waals surface area contributed by atoms with E-state index in [1.807, 2.05) is 36.4 Å². The number of carbonyl (C=O) groups is 1. The van der Waals surface area contributed by atoms with Crippen LogP contribution in [-0.2, 0) is 12.2 Å². The largest absolute Gasteiger partial charge is 0.322 e. The molecule has 2 N–H and O–H groups in total. The number of H-pyrrole nitrogens is 1. The van der Waals surface area contributed by atoms with E-state index >= 15 is 0 Å². The average molecular weight is 352 g/mol. The molecule has 0 unspecified atom stereocenters. The van der Waals surface area contributed by atoms with Crippen molar-refractivity contribution >= 4 is 23.4 Å². The molecule has 25 heavy (non-hydrogen) atoms. The Hall–Kier alpha value is -2.60. The summed E-state index contributed by atoms with van der Waals surface area (Å²) < 4.78 is 0. The van der Waals surface area contributed by atoms with E-state index in [1.54, 1.807) is 11.8 Å². The fourth-order valence-corrected chi connectivity index (χ4v) is 3.15. The molecule has 0 aliphatic rings. The van der Waals surface area contributed by atoms with Crippen LogP contribution in [-0.4, -0.2) is 21.1 Å². The first-order chi connectivity index (χ1) is 12.2. The van der Waals surface area contributed by atoms with Gasteiger partial charge in [-0.2, -0.15) is 5.10 Å². The molecule has 0 atom stereocenters. The summed E-state index contributed by atoms with van der Waals surface area (Å²) in [5.74, 6) is 0.674. The lowest BCUT2D eigenvalue weighted by atomic mass is 10.1. The van der Waals surface area contributed by atoms with Crippen molar-refractivity contribution in [3.63, 3.8) is 0 Å². The quantitative estimate of drug-likeness (QED) is 0.622. The van der Waals surface area contributed by atoms with Crippen LogP contribution >= 0.6 is 11.8 Å². The van der Waals surface area contributed by atoms with Crippen LogP contribution in [0.5, 0.6) is 0 Å². The lowest BCUT2D eigenvalue weighted by Crippen LogP contribution is -2.11. The molecular weight excluding hydrogens is 332 g/mol. The molecule has 0 spiro atoms. The Labute approximate surface area is 151 Å². The average Bonchev–Trinajstić information content (AvgIpc) is 3.16. The Balaban J connectivity index is 1.56. The van der Waals surface area contributed by atoms with E-state index in [9.17, 15) is 4.79 Å². The van der Waals surface area contributed by atoms with Crippen molar-refractivity contribution in [1.29, 1.82) is 0 Å². The summed E-state index contributed by atoms with van der Waals surface area (Å²) in [6.07, 6.45) is 3.67. The van der Waals surface area contributed by atoms with Crippen LogP contribution in [0, 0.1) is 0 Å². The minimum atomic E-state index is -0.0994. The lowest BCUT2D eigenvalue weighted by Gasteiger charge is -2.07. The van der Waals surface area contributed by atoms with E-state index in [0.29, 0.717) is 5.56 Å². The number of anilines is 1. The molecule has 1 heterocycles. The number of thioether (sulfide) groups is 1. The van der Waals surface area contributed by atoms with E-state index < -0.39 is 0 Å². The number of hydrogen-bond acceptors (Lipinski definition) is 4. The molecule has 3 aromatic rings. The maximum Gasteiger partial charge on any atom is 0.255 e. The molecule has 0 aliphatic carbocycles. The molecule has 0 bridgehead atoms. The minimum absolute atomic E-state index is 0.0994. The third-order valence-corrected chi connectivity index (χ3v) is 4.68. The van der Waals surface area contributed by atoms with Crippen LogP contribution in [0.15, 0.2) is 60.0 Å². The number of hydrogen-bond donors (Lipinski definition) is 2. The van der Waals surface area contributed by atoms with Crippen molar-refractivity contribution in [1.82, 2.24) is 15.2 Å². The third-order valence-electron chi connectivity index (χ3n) is 3.74. The van der Waals surface area contributed by atoms with Crippen LogP contribution in [0.4, 0.5) is 5.69 Å². The zero-order valence-electron chi connectivity index (χ0n) is 14.0. The predicted molar refractivity (Wildman–Crippen MR) is 101 cm³/mol.